The van der Waals surface area contributed by atoms with Crippen LogP contribution in [-0.2, 0) is 0 Å². The SMILES string of the molecule is C=C.C=C(C)C1CC(C)=CC=C1C. The number of rotatable bonds is 1. The zero-order valence-corrected chi connectivity index (χ0v) is 9.06. The molecule has 1 rings (SSSR count). The van der Waals surface area contributed by atoms with Crippen LogP contribution in [0.5, 0.6) is 0 Å². The van der Waals surface area contributed by atoms with Crippen LogP contribution in [0.4, 0.5) is 0 Å². The van der Waals surface area contributed by atoms with Crippen LogP contribution in [0.1, 0.15) is 27.2 Å². The van der Waals surface area contributed by atoms with E-state index in [2.05, 4.69) is 52.7 Å². The van der Waals surface area contributed by atoms with Gasteiger partial charge in [0.1, 0.15) is 0 Å². The van der Waals surface area contributed by atoms with E-state index in [1.807, 2.05) is 0 Å². The molecular weight excluding hydrogens is 156 g/mol. The van der Waals surface area contributed by atoms with Gasteiger partial charge in [-0.05, 0) is 27.2 Å². The Morgan fingerprint density at radius 2 is 1.85 bits per heavy atom. The van der Waals surface area contributed by atoms with Crippen LogP contribution >= 0.6 is 0 Å². The minimum atomic E-state index is 0.597. The van der Waals surface area contributed by atoms with Gasteiger partial charge in [-0.2, -0.15) is 0 Å². The molecule has 1 aliphatic carbocycles. The van der Waals surface area contributed by atoms with E-state index in [1.165, 1.54) is 16.7 Å². The Hall–Kier alpha value is -1.04. The second-order valence-electron chi connectivity index (χ2n) is 3.53. The minimum absolute atomic E-state index is 0.597. The molecule has 0 bridgehead atoms. The zero-order valence-electron chi connectivity index (χ0n) is 9.06. The molecule has 0 heterocycles. The predicted octanol–water partition coefficient (Wildman–Crippen LogP) is 4.28. The van der Waals surface area contributed by atoms with Gasteiger partial charge in [-0.1, -0.05) is 35.5 Å². The maximum atomic E-state index is 4.00. The van der Waals surface area contributed by atoms with Gasteiger partial charge in [0, 0.05) is 5.92 Å². The molecule has 0 aromatic rings. The summed E-state index contributed by atoms with van der Waals surface area (Å²) in [6, 6.07) is 0. The molecule has 0 fully saturated rings. The molecule has 0 saturated heterocycles. The van der Waals surface area contributed by atoms with Gasteiger partial charge in [0.15, 0.2) is 0 Å². The lowest BCUT2D eigenvalue weighted by atomic mass is 9.84. The van der Waals surface area contributed by atoms with E-state index in [0.29, 0.717) is 5.92 Å². The van der Waals surface area contributed by atoms with Crippen LogP contribution in [-0.4, -0.2) is 0 Å². The van der Waals surface area contributed by atoms with Crippen molar-refractivity contribution >= 4 is 0 Å². The van der Waals surface area contributed by atoms with Gasteiger partial charge in [0.05, 0.1) is 0 Å². The molecule has 0 aromatic carbocycles. The Balaban J connectivity index is 0.000000671. The smallest absolute Gasteiger partial charge is 0.00390 e. The van der Waals surface area contributed by atoms with Crippen LogP contribution in [0, 0.1) is 5.92 Å². The first-order chi connectivity index (χ1) is 6.11. The lowest BCUT2D eigenvalue weighted by Crippen LogP contribution is -2.06. The third kappa shape index (κ3) is 3.45. The van der Waals surface area contributed by atoms with Crippen molar-refractivity contribution in [3.05, 3.63) is 48.6 Å². The third-order valence-electron chi connectivity index (χ3n) is 2.30. The average Bonchev–Trinajstić information content (AvgIpc) is 2.12. The Kier molecular flexibility index (Phi) is 5.13. The lowest BCUT2D eigenvalue weighted by Gasteiger charge is -2.21. The Bertz CT molecular complexity index is 241. The second-order valence-corrected chi connectivity index (χ2v) is 3.53. The molecule has 72 valence electrons. The number of hydrogen-bond acceptors (Lipinski definition) is 0. The minimum Gasteiger partial charge on any atom is -0.106 e. The maximum absolute atomic E-state index is 4.00. The van der Waals surface area contributed by atoms with Gasteiger partial charge in [-0.15, -0.1) is 13.2 Å². The van der Waals surface area contributed by atoms with Gasteiger partial charge in [-0.25, -0.2) is 0 Å². The van der Waals surface area contributed by atoms with Crippen molar-refractivity contribution in [2.75, 3.05) is 0 Å². The van der Waals surface area contributed by atoms with Crippen LogP contribution < -0.4 is 0 Å². The van der Waals surface area contributed by atoms with E-state index in [-0.39, 0.29) is 0 Å². The van der Waals surface area contributed by atoms with Gasteiger partial charge in [-0.3, -0.25) is 0 Å². The molecule has 0 heteroatoms. The standard InChI is InChI=1S/C11H16.C2H4/c1-8(2)11-7-9(3)5-6-10(11)4;1-2/h5-6,11H,1,7H2,2-4H3;1-2H2. The Morgan fingerprint density at radius 3 is 2.23 bits per heavy atom. The van der Waals surface area contributed by atoms with Crippen LogP contribution in [0.2, 0.25) is 0 Å². The highest BCUT2D eigenvalue weighted by Crippen LogP contribution is 2.29. The molecule has 0 N–H and O–H groups in total. The fourth-order valence-electron chi connectivity index (χ4n) is 1.50. The van der Waals surface area contributed by atoms with E-state index in [4.69, 9.17) is 0 Å². The van der Waals surface area contributed by atoms with E-state index < -0.39 is 0 Å². The molecule has 1 aliphatic rings. The van der Waals surface area contributed by atoms with Crippen molar-refractivity contribution in [1.82, 2.24) is 0 Å². The van der Waals surface area contributed by atoms with E-state index >= 15 is 0 Å². The number of hydrogen-bond donors (Lipinski definition) is 0. The van der Waals surface area contributed by atoms with Gasteiger partial charge < -0.3 is 0 Å². The van der Waals surface area contributed by atoms with Crippen molar-refractivity contribution in [3.8, 4) is 0 Å². The van der Waals surface area contributed by atoms with Gasteiger partial charge in [0.25, 0.3) is 0 Å². The summed E-state index contributed by atoms with van der Waals surface area (Å²) < 4.78 is 0. The summed E-state index contributed by atoms with van der Waals surface area (Å²) in [4.78, 5) is 0. The van der Waals surface area contributed by atoms with Crippen LogP contribution in [0.15, 0.2) is 48.6 Å². The van der Waals surface area contributed by atoms with Crippen molar-refractivity contribution in [1.29, 1.82) is 0 Å². The molecule has 1 unspecified atom stereocenters. The number of allylic oxidation sites excluding steroid dienone is 5. The second kappa shape index (κ2) is 5.58. The van der Waals surface area contributed by atoms with Crippen molar-refractivity contribution in [3.63, 3.8) is 0 Å². The molecule has 0 spiro atoms. The molecule has 0 saturated carbocycles. The quantitative estimate of drug-likeness (QED) is 0.523. The Labute approximate surface area is 82.4 Å². The summed E-state index contributed by atoms with van der Waals surface area (Å²) >= 11 is 0. The summed E-state index contributed by atoms with van der Waals surface area (Å²) in [5.74, 6) is 0.597. The Morgan fingerprint density at radius 1 is 1.31 bits per heavy atom. The highest BCUT2D eigenvalue weighted by Gasteiger charge is 2.14. The molecule has 13 heavy (non-hydrogen) atoms. The molecule has 0 nitrogen and oxygen atoms in total. The lowest BCUT2D eigenvalue weighted by molar-refractivity contribution is 0.693. The summed E-state index contributed by atoms with van der Waals surface area (Å²) in [5, 5.41) is 0. The first-order valence-corrected chi connectivity index (χ1v) is 4.60. The fourth-order valence-corrected chi connectivity index (χ4v) is 1.50. The topological polar surface area (TPSA) is 0 Å². The average molecular weight is 176 g/mol. The molecule has 0 amide bonds. The van der Waals surface area contributed by atoms with E-state index in [9.17, 15) is 0 Å². The highest BCUT2D eigenvalue weighted by atomic mass is 14.2. The van der Waals surface area contributed by atoms with Crippen LogP contribution in [0.3, 0.4) is 0 Å². The summed E-state index contributed by atoms with van der Waals surface area (Å²) in [6.07, 6.45) is 5.57. The van der Waals surface area contributed by atoms with Gasteiger partial charge in [0.2, 0.25) is 0 Å². The molecule has 1 atom stereocenters. The first-order valence-electron chi connectivity index (χ1n) is 4.60. The zero-order chi connectivity index (χ0) is 10.4. The third-order valence-corrected chi connectivity index (χ3v) is 2.30. The molecular formula is C13H20. The summed E-state index contributed by atoms with van der Waals surface area (Å²) in [6.45, 7) is 16.5. The predicted molar refractivity (Wildman–Crippen MR) is 61.7 cm³/mol. The molecule has 0 radical (unpaired) electrons. The maximum Gasteiger partial charge on any atom is 0.00390 e. The summed E-state index contributed by atoms with van der Waals surface area (Å²) in [5.41, 5.74) is 4.19. The highest BCUT2D eigenvalue weighted by molar-refractivity contribution is 5.29. The van der Waals surface area contributed by atoms with Crippen molar-refractivity contribution < 1.29 is 0 Å². The first kappa shape index (κ1) is 12.0. The van der Waals surface area contributed by atoms with Gasteiger partial charge >= 0.3 is 0 Å². The van der Waals surface area contributed by atoms with Crippen LogP contribution in [0.25, 0.3) is 0 Å². The normalized spacial score (nSPS) is 20.7. The van der Waals surface area contributed by atoms with E-state index in [1.54, 1.807) is 0 Å². The molecule has 0 aliphatic heterocycles. The van der Waals surface area contributed by atoms with Crippen molar-refractivity contribution in [2.45, 2.75) is 27.2 Å². The largest absolute Gasteiger partial charge is 0.106 e. The molecule has 0 aromatic heterocycles. The monoisotopic (exact) mass is 176 g/mol. The van der Waals surface area contributed by atoms with E-state index in [0.717, 1.165) is 6.42 Å². The summed E-state index contributed by atoms with van der Waals surface area (Å²) in [7, 11) is 0. The van der Waals surface area contributed by atoms with Crippen molar-refractivity contribution in [2.24, 2.45) is 5.92 Å². The fraction of sp³-hybridized carbons (Fsp3) is 0.385.